The maximum Gasteiger partial charge on any atom is 0.326 e. The molecule has 0 aromatic carbocycles. The molecule has 5 heteroatoms. The lowest BCUT2D eigenvalue weighted by molar-refractivity contribution is -0.145. The molecule has 0 aromatic heterocycles. The van der Waals surface area contributed by atoms with Gasteiger partial charge in [-0.1, -0.05) is 20.8 Å². The number of amides is 1. The molecule has 2 N–H and O–H groups in total. The van der Waals surface area contributed by atoms with Crippen LogP contribution in [0.1, 0.15) is 34.1 Å². The summed E-state index contributed by atoms with van der Waals surface area (Å²) in [6, 6.07) is -0.870. The van der Waals surface area contributed by atoms with Crippen LogP contribution in [0.2, 0.25) is 0 Å². The Morgan fingerprint density at radius 3 is 2.35 bits per heavy atom. The van der Waals surface area contributed by atoms with Crippen LogP contribution in [0, 0.1) is 11.3 Å². The molecule has 0 aromatic rings. The topological polar surface area (TPSA) is 75.6 Å². The van der Waals surface area contributed by atoms with Crippen molar-refractivity contribution in [3.63, 3.8) is 0 Å². The summed E-state index contributed by atoms with van der Waals surface area (Å²) in [6.45, 7) is 7.66. The van der Waals surface area contributed by atoms with Crippen LogP contribution in [-0.4, -0.2) is 35.7 Å². The SMILES string of the molecule is CC1CC(C(=O)N[C@@H](C(=O)O)C(C)(C)C)CO1. The highest BCUT2D eigenvalue weighted by molar-refractivity contribution is 5.85. The van der Waals surface area contributed by atoms with Gasteiger partial charge in [-0.25, -0.2) is 4.79 Å². The fourth-order valence-corrected chi connectivity index (χ4v) is 1.91. The Bertz CT molecular complexity index is 308. The zero-order valence-corrected chi connectivity index (χ0v) is 10.8. The largest absolute Gasteiger partial charge is 0.480 e. The van der Waals surface area contributed by atoms with Crippen molar-refractivity contribution in [3.8, 4) is 0 Å². The van der Waals surface area contributed by atoms with Gasteiger partial charge in [0.1, 0.15) is 6.04 Å². The standard InChI is InChI=1S/C12H21NO4/c1-7-5-8(6-17-7)10(14)13-9(11(15)16)12(2,3)4/h7-9H,5-6H2,1-4H3,(H,13,14)(H,15,16)/t7?,8?,9-/m0/s1. The number of carboxylic acids is 1. The molecule has 2 unspecified atom stereocenters. The van der Waals surface area contributed by atoms with Crippen molar-refractivity contribution in [1.29, 1.82) is 0 Å². The lowest BCUT2D eigenvalue weighted by Gasteiger charge is -2.28. The van der Waals surface area contributed by atoms with Gasteiger partial charge in [0.25, 0.3) is 0 Å². The average molecular weight is 243 g/mol. The number of carbonyl (C=O) groups is 2. The molecule has 98 valence electrons. The highest BCUT2D eigenvalue weighted by Gasteiger charge is 2.36. The van der Waals surface area contributed by atoms with Gasteiger partial charge in [0.2, 0.25) is 5.91 Å². The van der Waals surface area contributed by atoms with E-state index in [1.807, 2.05) is 6.92 Å². The maximum atomic E-state index is 11.9. The number of hydrogen-bond acceptors (Lipinski definition) is 3. The Hall–Kier alpha value is -1.10. The maximum absolute atomic E-state index is 11.9. The summed E-state index contributed by atoms with van der Waals surface area (Å²) < 4.78 is 5.31. The normalized spacial score (nSPS) is 26.6. The summed E-state index contributed by atoms with van der Waals surface area (Å²) in [5.41, 5.74) is -0.507. The van der Waals surface area contributed by atoms with E-state index in [-0.39, 0.29) is 17.9 Å². The van der Waals surface area contributed by atoms with Crippen molar-refractivity contribution in [2.45, 2.75) is 46.3 Å². The van der Waals surface area contributed by atoms with Crippen LogP contribution in [0.5, 0.6) is 0 Å². The molecule has 1 saturated heterocycles. The summed E-state index contributed by atoms with van der Waals surface area (Å²) in [4.78, 5) is 23.0. The molecular formula is C12H21NO4. The van der Waals surface area contributed by atoms with Crippen molar-refractivity contribution in [2.75, 3.05) is 6.61 Å². The lowest BCUT2D eigenvalue weighted by Crippen LogP contribution is -2.50. The van der Waals surface area contributed by atoms with E-state index in [0.717, 1.165) is 0 Å². The van der Waals surface area contributed by atoms with Gasteiger partial charge in [0, 0.05) is 0 Å². The third-order valence-corrected chi connectivity index (χ3v) is 2.97. The van der Waals surface area contributed by atoms with Crippen LogP contribution >= 0.6 is 0 Å². The summed E-state index contributed by atoms with van der Waals surface area (Å²) in [5, 5.41) is 11.7. The third kappa shape index (κ3) is 3.70. The molecule has 17 heavy (non-hydrogen) atoms. The van der Waals surface area contributed by atoms with Crippen LogP contribution in [0.15, 0.2) is 0 Å². The van der Waals surface area contributed by atoms with Crippen LogP contribution in [0.4, 0.5) is 0 Å². The molecule has 1 aliphatic heterocycles. The van der Waals surface area contributed by atoms with Gasteiger partial charge in [-0.05, 0) is 18.8 Å². The Labute approximate surface area is 102 Å². The minimum absolute atomic E-state index is 0.0728. The fraction of sp³-hybridized carbons (Fsp3) is 0.833. The molecule has 1 fully saturated rings. The van der Waals surface area contributed by atoms with Gasteiger partial charge in [0.05, 0.1) is 18.6 Å². The van der Waals surface area contributed by atoms with E-state index in [9.17, 15) is 9.59 Å². The molecule has 0 bridgehead atoms. The first kappa shape index (κ1) is 14.0. The third-order valence-electron chi connectivity index (χ3n) is 2.97. The number of rotatable bonds is 3. The van der Waals surface area contributed by atoms with Crippen LogP contribution in [-0.2, 0) is 14.3 Å². The quantitative estimate of drug-likeness (QED) is 0.776. The summed E-state index contributed by atoms with van der Waals surface area (Å²) in [6.07, 6.45) is 0.728. The summed E-state index contributed by atoms with van der Waals surface area (Å²) in [5.74, 6) is -1.45. The van der Waals surface area contributed by atoms with Crippen molar-refractivity contribution in [2.24, 2.45) is 11.3 Å². The van der Waals surface area contributed by atoms with Gasteiger partial charge in [0.15, 0.2) is 0 Å². The van der Waals surface area contributed by atoms with E-state index in [2.05, 4.69) is 5.32 Å². The van der Waals surface area contributed by atoms with E-state index in [1.165, 1.54) is 0 Å². The highest BCUT2D eigenvalue weighted by Crippen LogP contribution is 2.23. The van der Waals surface area contributed by atoms with Gasteiger partial charge in [-0.3, -0.25) is 4.79 Å². The molecule has 0 saturated carbocycles. The second kappa shape index (κ2) is 5.04. The van der Waals surface area contributed by atoms with Gasteiger partial charge in [-0.2, -0.15) is 0 Å². The van der Waals surface area contributed by atoms with E-state index < -0.39 is 17.4 Å². The molecule has 0 aliphatic carbocycles. The van der Waals surface area contributed by atoms with Crippen molar-refractivity contribution in [3.05, 3.63) is 0 Å². The Kier molecular flexibility index (Phi) is 4.14. The number of nitrogens with one attached hydrogen (secondary N) is 1. The smallest absolute Gasteiger partial charge is 0.326 e. The first-order valence-corrected chi connectivity index (χ1v) is 5.86. The molecule has 3 atom stereocenters. The van der Waals surface area contributed by atoms with Crippen LogP contribution < -0.4 is 5.32 Å². The van der Waals surface area contributed by atoms with E-state index in [0.29, 0.717) is 13.0 Å². The highest BCUT2D eigenvalue weighted by atomic mass is 16.5. The van der Waals surface area contributed by atoms with Crippen LogP contribution in [0.25, 0.3) is 0 Å². The van der Waals surface area contributed by atoms with Gasteiger partial charge < -0.3 is 15.2 Å². The summed E-state index contributed by atoms with van der Waals surface area (Å²) in [7, 11) is 0. The predicted molar refractivity (Wildman–Crippen MR) is 62.5 cm³/mol. The number of carboxylic acid groups (broad SMARTS) is 1. The number of carbonyl (C=O) groups excluding carboxylic acids is 1. The van der Waals surface area contributed by atoms with Crippen molar-refractivity contribution >= 4 is 11.9 Å². The second-order valence-corrected chi connectivity index (χ2v) is 5.72. The Morgan fingerprint density at radius 1 is 1.41 bits per heavy atom. The molecule has 1 heterocycles. The number of ether oxygens (including phenoxy) is 1. The lowest BCUT2D eigenvalue weighted by atomic mass is 9.86. The molecular weight excluding hydrogens is 222 g/mol. The summed E-state index contributed by atoms with van der Waals surface area (Å²) >= 11 is 0. The molecule has 1 aliphatic rings. The zero-order valence-electron chi connectivity index (χ0n) is 10.8. The van der Waals surface area contributed by atoms with E-state index >= 15 is 0 Å². The van der Waals surface area contributed by atoms with Gasteiger partial charge in [-0.15, -0.1) is 0 Å². The number of aliphatic carboxylic acids is 1. The minimum Gasteiger partial charge on any atom is -0.480 e. The van der Waals surface area contributed by atoms with Crippen molar-refractivity contribution in [1.82, 2.24) is 5.32 Å². The van der Waals surface area contributed by atoms with Crippen molar-refractivity contribution < 1.29 is 19.4 Å². The van der Waals surface area contributed by atoms with E-state index in [1.54, 1.807) is 20.8 Å². The first-order valence-electron chi connectivity index (χ1n) is 5.86. The first-order chi connectivity index (χ1) is 7.71. The van der Waals surface area contributed by atoms with Gasteiger partial charge >= 0.3 is 5.97 Å². The Balaban J connectivity index is 2.62. The molecule has 5 nitrogen and oxygen atoms in total. The predicted octanol–water partition coefficient (Wildman–Crippen LogP) is 1.03. The molecule has 0 spiro atoms. The van der Waals surface area contributed by atoms with E-state index in [4.69, 9.17) is 9.84 Å². The van der Waals surface area contributed by atoms with Crippen LogP contribution in [0.3, 0.4) is 0 Å². The minimum atomic E-state index is -1.00. The molecule has 1 rings (SSSR count). The second-order valence-electron chi connectivity index (χ2n) is 5.72. The zero-order chi connectivity index (χ0) is 13.2. The average Bonchev–Trinajstić information content (AvgIpc) is 2.58. The Morgan fingerprint density at radius 2 is 2.00 bits per heavy atom. The molecule has 0 radical (unpaired) electrons. The molecule has 1 amide bonds. The monoisotopic (exact) mass is 243 g/mol. The fourth-order valence-electron chi connectivity index (χ4n) is 1.91. The number of hydrogen-bond donors (Lipinski definition) is 2.